The van der Waals surface area contributed by atoms with Crippen molar-refractivity contribution in [2.45, 2.75) is 10.9 Å². The van der Waals surface area contributed by atoms with E-state index in [9.17, 15) is 26.2 Å². The van der Waals surface area contributed by atoms with Crippen molar-refractivity contribution in [1.29, 1.82) is 0 Å². The maximum absolute atomic E-state index is 14.4. The second-order valence-electron chi connectivity index (χ2n) is 8.32. The summed E-state index contributed by atoms with van der Waals surface area (Å²) >= 11 is 6.49. The van der Waals surface area contributed by atoms with Crippen molar-refractivity contribution in [1.82, 2.24) is 4.98 Å². The summed E-state index contributed by atoms with van der Waals surface area (Å²) in [5, 5.41) is 3.68. The normalized spacial score (nSPS) is 14.7. The maximum atomic E-state index is 14.4. The third-order valence-electron chi connectivity index (χ3n) is 6.05. The summed E-state index contributed by atoms with van der Waals surface area (Å²) in [6.07, 6.45) is 2.63. The lowest BCUT2D eigenvalue weighted by molar-refractivity contribution is 0.398. The summed E-state index contributed by atoms with van der Waals surface area (Å²) < 4.78 is 82.3. The highest BCUT2D eigenvalue weighted by atomic mass is 35.5. The van der Waals surface area contributed by atoms with Gasteiger partial charge in [0.25, 0.3) is 0 Å². The minimum Gasteiger partial charge on any atom is -0.375 e. The molecule has 3 aromatic carbocycles. The van der Waals surface area contributed by atoms with Crippen LogP contribution in [0.5, 0.6) is 0 Å². The van der Waals surface area contributed by atoms with Gasteiger partial charge in [0.2, 0.25) is 0 Å². The predicted molar refractivity (Wildman–Crippen MR) is 130 cm³/mol. The van der Waals surface area contributed by atoms with Crippen LogP contribution < -0.4 is 10.2 Å². The number of rotatable bonds is 5. The van der Waals surface area contributed by atoms with Crippen LogP contribution in [0.15, 0.2) is 53.6 Å². The molecule has 4 nitrogen and oxygen atoms in total. The summed E-state index contributed by atoms with van der Waals surface area (Å²) in [5.41, 5.74) is 1.50. The van der Waals surface area contributed by atoms with Crippen molar-refractivity contribution in [3.63, 3.8) is 0 Å². The molecule has 0 amide bonds. The SMILES string of the molecule is CS(=O)c1c(F)c(F)c(F)c(F)c1NC1CN(c2ccnc3cc(-c4ccccc4F)c(Cl)cc23)C1. The van der Waals surface area contributed by atoms with Gasteiger partial charge in [-0.2, -0.15) is 0 Å². The Kier molecular flexibility index (Phi) is 6.34. The van der Waals surface area contributed by atoms with Gasteiger partial charge in [0.05, 0.1) is 28.0 Å². The minimum atomic E-state index is -2.11. The van der Waals surface area contributed by atoms with Crippen molar-refractivity contribution in [2.24, 2.45) is 0 Å². The zero-order valence-electron chi connectivity index (χ0n) is 18.6. The van der Waals surface area contributed by atoms with Gasteiger partial charge in [0.1, 0.15) is 10.7 Å². The number of benzene rings is 3. The van der Waals surface area contributed by atoms with Crippen LogP contribution in [-0.4, -0.2) is 34.6 Å². The predicted octanol–water partition coefficient (Wildman–Crippen LogP) is 6.29. The van der Waals surface area contributed by atoms with E-state index >= 15 is 0 Å². The van der Waals surface area contributed by atoms with Gasteiger partial charge in [-0.1, -0.05) is 29.8 Å². The van der Waals surface area contributed by atoms with Crippen LogP contribution in [0.4, 0.5) is 33.3 Å². The number of nitrogens with zero attached hydrogens (tertiary/aromatic N) is 2. The lowest BCUT2D eigenvalue weighted by Crippen LogP contribution is -2.55. The van der Waals surface area contributed by atoms with Crippen molar-refractivity contribution in [3.05, 3.63) is 82.8 Å². The first-order valence-electron chi connectivity index (χ1n) is 10.7. The van der Waals surface area contributed by atoms with Crippen molar-refractivity contribution < 1.29 is 26.2 Å². The van der Waals surface area contributed by atoms with Crippen molar-refractivity contribution >= 4 is 44.7 Å². The molecule has 1 aliphatic rings. The second-order valence-corrected chi connectivity index (χ2v) is 10.0. The first-order chi connectivity index (χ1) is 17.2. The minimum absolute atomic E-state index is 0.293. The number of pyridine rings is 1. The van der Waals surface area contributed by atoms with Crippen LogP contribution in [0.2, 0.25) is 5.02 Å². The summed E-state index contributed by atoms with van der Waals surface area (Å²) in [7, 11) is -2.11. The van der Waals surface area contributed by atoms with E-state index in [0.29, 0.717) is 40.1 Å². The van der Waals surface area contributed by atoms with Crippen LogP contribution in [0.3, 0.4) is 0 Å². The molecule has 1 aliphatic heterocycles. The highest BCUT2D eigenvalue weighted by molar-refractivity contribution is 7.84. The van der Waals surface area contributed by atoms with Crippen LogP contribution in [0, 0.1) is 29.1 Å². The molecule has 0 bridgehead atoms. The highest BCUT2D eigenvalue weighted by Gasteiger charge is 2.33. The number of hydrogen-bond donors (Lipinski definition) is 1. The smallest absolute Gasteiger partial charge is 0.199 e. The quantitative estimate of drug-likeness (QED) is 0.185. The molecule has 0 saturated carbocycles. The number of hydrogen-bond acceptors (Lipinski definition) is 4. The molecule has 1 saturated heterocycles. The number of nitrogens with one attached hydrogen (secondary N) is 1. The molecule has 1 unspecified atom stereocenters. The molecule has 1 N–H and O–H groups in total. The molecular formula is C25H17ClF5N3OS. The van der Waals surface area contributed by atoms with Crippen molar-refractivity contribution in [2.75, 3.05) is 29.6 Å². The topological polar surface area (TPSA) is 45.2 Å². The first kappa shape index (κ1) is 24.5. The average Bonchev–Trinajstić information content (AvgIpc) is 2.82. The Bertz CT molecular complexity index is 1540. The van der Waals surface area contributed by atoms with Gasteiger partial charge in [0.15, 0.2) is 23.3 Å². The molecule has 1 fully saturated rings. The molecule has 186 valence electrons. The van der Waals surface area contributed by atoms with Crippen LogP contribution in [0.25, 0.3) is 22.0 Å². The van der Waals surface area contributed by atoms with E-state index < -0.39 is 56.5 Å². The zero-order chi connectivity index (χ0) is 25.7. The molecule has 11 heteroatoms. The third-order valence-corrected chi connectivity index (χ3v) is 7.32. The van der Waals surface area contributed by atoms with E-state index in [1.165, 1.54) is 6.07 Å². The molecule has 4 aromatic rings. The Morgan fingerprint density at radius 1 is 0.972 bits per heavy atom. The fourth-order valence-corrected chi connectivity index (χ4v) is 5.34. The van der Waals surface area contributed by atoms with Crippen LogP contribution in [-0.2, 0) is 10.8 Å². The van der Waals surface area contributed by atoms with E-state index in [2.05, 4.69) is 10.3 Å². The molecule has 5 rings (SSSR count). The first-order valence-corrected chi connectivity index (χ1v) is 12.6. The summed E-state index contributed by atoms with van der Waals surface area (Å²) in [5.74, 6) is -7.71. The monoisotopic (exact) mass is 537 g/mol. The third kappa shape index (κ3) is 4.08. The second kappa shape index (κ2) is 9.33. The van der Waals surface area contributed by atoms with Gasteiger partial charge in [-0.25, -0.2) is 22.0 Å². The Hall–Kier alpha value is -3.24. The average molecular weight is 538 g/mol. The molecule has 1 aromatic heterocycles. The largest absolute Gasteiger partial charge is 0.375 e. The maximum Gasteiger partial charge on any atom is 0.199 e. The van der Waals surface area contributed by atoms with Crippen molar-refractivity contribution in [3.8, 4) is 11.1 Å². The molecular weight excluding hydrogens is 521 g/mol. The lowest BCUT2D eigenvalue weighted by Gasteiger charge is -2.42. The number of fused-ring (bicyclic) bond motifs is 1. The fourth-order valence-electron chi connectivity index (χ4n) is 4.29. The highest BCUT2D eigenvalue weighted by Crippen LogP contribution is 2.38. The Morgan fingerprint density at radius 3 is 2.36 bits per heavy atom. The number of halogens is 6. The summed E-state index contributed by atoms with van der Waals surface area (Å²) in [6.45, 7) is 0.587. The Balaban J connectivity index is 1.43. The molecule has 0 aliphatic carbocycles. The standard InChI is InChI=1S/C25H17ClF5N3OS/c1-36(35)25-23(31)21(29)20(28)22(30)24(25)33-12-10-34(11-12)19-6-7-32-18-9-14(16(26)8-15(18)19)13-4-2-3-5-17(13)27/h2-9,12,33H,10-11H2,1H3. The van der Waals surface area contributed by atoms with Gasteiger partial charge in [-0.15, -0.1) is 0 Å². The van der Waals surface area contributed by atoms with E-state index in [1.54, 1.807) is 42.6 Å². The summed E-state index contributed by atoms with van der Waals surface area (Å²) in [4.78, 5) is 5.51. The van der Waals surface area contributed by atoms with Crippen LogP contribution in [0.1, 0.15) is 0 Å². The summed E-state index contributed by atoms with van der Waals surface area (Å²) in [6, 6.07) is 10.9. The van der Waals surface area contributed by atoms with Gasteiger partial charge >= 0.3 is 0 Å². The molecule has 0 spiro atoms. The lowest BCUT2D eigenvalue weighted by atomic mass is 10.0. The van der Waals surface area contributed by atoms with E-state index in [0.717, 1.165) is 11.9 Å². The van der Waals surface area contributed by atoms with Crippen LogP contribution >= 0.6 is 11.6 Å². The molecule has 36 heavy (non-hydrogen) atoms. The number of aromatic nitrogens is 1. The zero-order valence-corrected chi connectivity index (χ0v) is 20.2. The fraction of sp³-hybridized carbons (Fsp3) is 0.160. The number of anilines is 2. The van der Waals surface area contributed by atoms with E-state index in [4.69, 9.17) is 11.6 Å². The Labute approximate surface area is 210 Å². The van der Waals surface area contributed by atoms with Gasteiger partial charge in [-0.3, -0.25) is 9.19 Å². The van der Waals surface area contributed by atoms with Gasteiger partial charge in [0, 0.05) is 52.8 Å². The Morgan fingerprint density at radius 2 is 1.67 bits per heavy atom. The molecule has 0 radical (unpaired) electrons. The van der Waals surface area contributed by atoms with Gasteiger partial charge < -0.3 is 10.2 Å². The van der Waals surface area contributed by atoms with Gasteiger partial charge in [-0.05, 0) is 24.3 Å². The molecule has 1 atom stereocenters. The molecule has 2 heterocycles. The van der Waals surface area contributed by atoms with E-state index in [1.807, 2.05) is 4.90 Å². The van der Waals surface area contributed by atoms with E-state index in [-0.39, 0.29) is 0 Å².